The second-order valence-electron chi connectivity index (χ2n) is 9.98. The summed E-state index contributed by atoms with van der Waals surface area (Å²) in [5.41, 5.74) is 7.07. The third kappa shape index (κ3) is 10.8. The Kier molecular flexibility index (Phi) is 12.4. The van der Waals surface area contributed by atoms with Crippen LogP contribution >= 0.6 is 0 Å². The van der Waals surface area contributed by atoms with E-state index in [0.29, 0.717) is 28.6 Å². The molecule has 14 heteroatoms. The van der Waals surface area contributed by atoms with Crippen LogP contribution in [0.1, 0.15) is 43.6 Å². The lowest BCUT2D eigenvalue weighted by Gasteiger charge is -2.09. The molecule has 0 aliphatic carbocycles. The van der Waals surface area contributed by atoms with Gasteiger partial charge >= 0.3 is 5.97 Å². The molecule has 0 saturated heterocycles. The van der Waals surface area contributed by atoms with Crippen LogP contribution in [0.4, 0.5) is 0 Å². The van der Waals surface area contributed by atoms with Gasteiger partial charge in [0.15, 0.2) is 5.84 Å². The fraction of sp³-hybridized carbons (Fsp3) is 0.188. The van der Waals surface area contributed by atoms with E-state index in [1.54, 1.807) is 24.4 Å². The van der Waals surface area contributed by atoms with Crippen molar-refractivity contribution in [2.24, 2.45) is 10.9 Å². The monoisotopic (exact) mass is 630 g/mol. The number of hydrogen-bond acceptors (Lipinski definition) is 10. The lowest BCUT2D eigenvalue weighted by molar-refractivity contribution is 0.0697. The van der Waals surface area contributed by atoms with Gasteiger partial charge in [-0.25, -0.2) is 4.79 Å². The zero-order chi connectivity index (χ0) is 33.6. The van der Waals surface area contributed by atoms with Gasteiger partial charge in [0, 0.05) is 41.2 Å². The largest absolute Gasteiger partial charge is 0.491 e. The van der Waals surface area contributed by atoms with Crippen molar-refractivity contribution >= 4 is 11.8 Å². The molecule has 3 aromatic heterocycles. The number of carboxylic acids is 1. The average Bonchev–Trinajstić information content (AvgIpc) is 3.52. The Labute approximate surface area is 263 Å². The van der Waals surface area contributed by atoms with Gasteiger partial charge in [-0.3, -0.25) is 9.59 Å². The highest BCUT2D eigenvalue weighted by molar-refractivity contribution is 5.96. The van der Waals surface area contributed by atoms with Gasteiger partial charge in [0.1, 0.15) is 11.5 Å². The van der Waals surface area contributed by atoms with Crippen LogP contribution in [0.3, 0.4) is 0 Å². The molecule has 46 heavy (non-hydrogen) atoms. The highest BCUT2D eigenvalue weighted by Gasteiger charge is 2.11. The first-order valence-corrected chi connectivity index (χ1v) is 13.9. The van der Waals surface area contributed by atoms with Gasteiger partial charge in [0.2, 0.25) is 16.9 Å². The van der Waals surface area contributed by atoms with E-state index < -0.39 is 5.97 Å². The summed E-state index contributed by atoms with van der Waals surface area (Å²) in [4.78, 5) is 41.4. The molecule has 2 aromatic carbocycles. The topological polar surface area (TPSA) is 219 Å². The number of aromatic nitrogens is 4. The summed E-state index contributed by atoms with van der Waals surface area (Å²) in [6.45, 7) is 7.79. The molecular formula is C32H34N6O8. The molecule has 0 spiro atoms. The summed E-state index contributed by atoms with van der Waals surface area (Å²) < 4.78 is 16.2. The van der Waals surface area contributed by atoms with Crippen molar-refractivity contribution < 1.29 is 29.1 Å². The van der Waals surface area contributed by atoms with E-state index in [4.69, 9.17) is 30.0 Å². The van der Waals surface area contributed by atoms with E-state index in [1.165, 1.54) is 36.5 Å². The molecule has 0 amide bonds. The highest BCUT2D eigenvalue weighted by atomic mass is 16.5. The van der Waals surface area contributed by atoms with Crippen molar-refractivity contribution in [2.45, 2.75) is 39.9 Å². The molecule has 0 atom stereocenters. The quantitative estimate of drug-likeness (QED) is 0.0694. The molecule has 5 aromatic rings. The number of carbonyl (C=O) groups is 1. The summed E-state index contributed by atoms with van der Waals surface area (Å²) in [5.74, 6) is 1.38. The van der Waals surface area contributed by atoms with E-state index in [-0.39, 0.29) is 34.7 Å². The van der Waals surface area contributed by atoms with Gasteiger partial charge in [-0.1, -0.05) is 10.3 Å². The molecule has 0 aliphatic heterocycles. The third-order valence-corrected chi connectivity index (χ3v) is 5.60. The van der Waals surface area contributed by atoms with Gasteiger partial charge in [-0.2, -0.15) is 4.98 Å². The number of amidine groups is 1. The number of benzene rings is 2. The molecule has 6 N–H and O–H groups in total. The molecule has 0 unspecified atom stereocenters. The van der Waals surface area contributed by atoms with Crippen molar-refractivity contribution in [2.75, 3.05) is 0 Å². The van der Waals surface area contributed by atoms with Crippen molar-refractivity contribution in [3.63, 3.8) is 0 Å². The zero-order valence-corrected chi connectivity index (χ0v) is 25.5. The second kappa shape index (κ2) is 16.6. The summed E-state index contributed by atoms with van der Waals surface area (Å²) in [6.07, 6.45) is 3.16. The maximum absolute atomic E-state index is 11.1. The molecule has 0 bridgehead atoms. The number of aromatic carboxylic acids is 1. The van der Waals surface area contributed by atoms with Crippen molar-refractivity contribution in [3.8, 4) is 34.3 Å². The number of ether oxygens (including phenoxy) is 2. The van der Waals surface area contributed by atoms with E-state index in [0.717, 1.165) is 11.3 Å². The standard InChI is InChI=1S/C16H15N3O3.C10H12O3.C6H7N3O2/c1-10(2)21-13-6-3-11(4-7-13)16-18-15(19-22-16)12-5-8-14(20)17-9-12;1-7(2)13-9-5-3-8(4-6-9)10(11)12;7-6(9-11)4-1-2-5(10)8-3-4/h3-10H,1-2H3,(H,17,20);3-7H,1-2H3,(H,11,12);1-3,11H,(H2,7,9)(H,8,10). The normalized spacial score (nSPS) is 10.8. The lowest BCUT2D eigenvalue weighted by atomic mass is 10.2. The number of nitrogens with two attached hydrogens (primary N) is 1. The fourth-order valence-corrected chi connectivity index (χ4v) is 3.53. The Balaban J connectivity index is 0.000000205. The van der Waals surface area contributed by atoms with Gasteiger partial charge in [0.05, 0.1) is 17.8 Å². The smallest absolute Gasteiger partial charge is 0.335 e. The summed E-state index contributed by atoms with van der Waals surface area (Å²) >= 11 is 0. The molecule has 0 radical (unpaired) electrons. The summed E-state index contributed by atoms with van der Waals surface area (Å²) in [7, 11) is 0. The second-order valence-corrected chi connectivity index (χ2v) is 9.98. The van der Waals surface area contributed by atoms with Crippen molar-refractivity contribution in [3.05, 3.63) is 117 Å². The molecule has 0 saturated carbocycles. The first-order chi connectivity index (χ1) is 21.9. The number of oxime groups is 1. The minimum absolute atomic E-state index is 0.0266. The maximum atomic E-state index is 11.1. The lowest BCUT2D eigenvalue weighted by Crippen LogP contribution is -2.15. The summed E-state index contributed by atoms with van der Waals surface area (Å²) in [6, 6.07) is 19.6. The Morgan fingerprint density at radius 1 is 0.783 bits per heavy atom. The van der Waals surface area contributed by atoms with E-state index >= 15 is 0 Å². The average molecular weight is 631 g/mol. The van der Waals surface area contributed by atoms with E-state index in [9.17, 15) is 14.4 Å². The van der Waals surface area contributed by atoms with Crippen molar-refractivity contribution in [1.29, 1.82) is 0 Å². The zero-order valence-electron chi connectivity index (χ0n) is 25.5. The third-order valence-electron chi connectivity index (χ3n) is 5.60. The number of pyridine rings is 2. The number of carboxylic acid groups (broad SMARTS) is 1. The number of H-pyrrole nitrogens is 2. The highest BCUT2D eigenvalue weighted by Crippen LogP contribution is 2.24. The predicted octanol–water partition coefficient (Wildman–Crippen LogP) is 4.52. The van der Waals surface area contributed by atoms with Gasteiger partial charge < -0.3 is 40.0 Å². The fourth-order valence-electron chi connectivity index (χ4n) is 3.53. The van der Waals surface area contributed by atoms with Crippen LogP contribution in [-0.2, 0) is 0 Å². The minimum atomic E-state index is -0.920. The van der Waals surface area contributed by atoms with Crippen LogP contribution < -0.4 is 26.3 Å². The first kappa shape index (κ1) is 34.3. The number of aromatic amines is 2. The molecule has 240 valence electrons. The number of nitrogens with one attached hydrogen (secondary N) is 2. The Morgan fingerprint density at radius 3 is 1.74 bits per heavy atom. The number of rotatable bonds is 8. The van der Waals surface area contributed by atoms with Gasteiger partial charge in [-0.15, -0.1) is 0 Å². The Bertz CT molecular complexity index is 1800. The SMILES string of the molecule is CC(C)Oc1ccc(-c2nc(-c3ccc(=O)[nH]c3)no2)cc1.CC(C)Oc1ccc(C(=O)O)cc1.N/C(=N\O)c1ccc(=O)[nH]c1. The predicted molar refractivity (Wildman–Crippen MR) is 170 cm³/mol. The van der Waals surface area contributed by atoms with E-state index in [2.05, 4.69) is 25.3 Å². The first-order valence-electron chi connectivity index (χ1n) is 13.9. The molecule has 0 fully saturated rings. The van der Waals surface area contributed by atoms with Crippen molar-refractivity contribution in [1.82, 2.24) is 20.1 Å². The van der Waals surface area contributed by atoms with Gasteiger partial charge in [-0.05, 0) is 88.4 Å². The van der Waals surface area contributed by atoms with Crippen LogP contribution in [0.25, 0.3) is 22.8 Å². The van der Waals surface area contributed by atoms with Crippen LogP contribution in [0.5, 0.6) is 11.5 Å². The summed E-state index contributed by atoms with van der Waals surface area (Å²) in [5, 5.41) is 23.5. The number of hydrogen-bond donors (Lipinski definition) is 5. The maximum Gasteiger partial charge on any atom is 0.335 e. The minimum Gasteiger partial charge on any atom is -0.491 e. The molecule has 14 nitrogen and oxygen atoms in total. The Hall–Kier alpha value is -6.18. The Morgan fingerprint density at radius 2 is 1.28 bits per heavy atom. The van der Waals surface area contributed by atoms with Crippen LogP contribution in [-0.4, -0.2) is 54.4 Å². The van der Waals surface area contributed by atoms with Crippen LogP contribution in [0, 0.1) is 0 Å². The molecule has 3 heterocycles. The van der Waals surface area contributed by atoms with Gasteiger partial charge in [0.25, 0.3) is 5.89 Å². The molecule has 0 aliphatic rings. The van der Waals surface area contributed by atoms with Crippen LogP contribution in [0.2, 0.25) is 0 Å². The molecular weight excluding hydrogens is 596 g/mol. The molecule has 5 rings (SSSR count). The van der Waals surface area contributed by atoms with Crippen LogP contribution in [0.15, 0.2) is 104 Å². The van der Waals surface area contributed by atoms with E-state index in [1.807, 2.05) is 52.0 Å². The number of nitrogens with zero attached hydrogens (tertiary/aromatic N) is 3.